The molecule has 2 rings (SSSR count). The van der Waals surface area contributed by atoms with Crippen LogP contribution >= 0.6 is 39.3 Å². The summed E-state index contributed by atoms with van der Waals surface area (Å²) in [6.45, 7) is 0. The second kappa shape index (κ2) is 9.71. The zero-order valence-corrected chi connectivity index (χ0v) is 16.1. The van der Waals surface area contributed by atoms with Crippen molar-refractivity contribution in [2.24, 2.45) is 5.10 Å². The van der Waals surface area contributed by atoms with Gasteiger partial charge in [0, 0.05) is 20.8 Å². The van der Waals surface area contributed by atoms with Gasteiger partial charge in [0.15, 0.2) is 0 Å². The molecule has 24 heavy (non-hydrogen) atoms. The first-order valence-electron chi connectivity index (χ1n) is 7.06. The molecule has 0 aromatic heterocycles. The van der Waals surface area contributed by atoms with E-state index in [-0.39, 0.29) is 5.91 Å². The number of hydrogen-bond acceptors (Lipinski definition) is 4. The molecule has 0 fully saturated rings. The van der Waals surface area contributed by atoms with E-state index in [2.05, 4.69) is 26.5 Å². The predicted octanol–water partition coefficient (Wildman–Crippen LogP) is 4.49. The molecule has 4 nitrogen and oxygen atoms in total. The molecule has 0 aliphatic carbocycles. The second-order valence-electron chi connectivity index (χ2n) is 4.80. The van der Waals surface area contributed by atoms with Crippen molar-refractivity contribution in [1.82, 2.24) is 5.43 Å². The number of rotatable bonds is 7. The van der Waals surface area contributed by atoms with Gasteiger partial charge in [0.25, 0.3) is 0 Å². The second-order valence-corrected chi connectivity index (χ2v) is 7.14. The number of halogens is 2. The lowest BCUT2D eigenvalue weighted by atomic mass is 10.2. The quantitative estimate of drug-likeness (QED) is 0.523. The average molecular weight is 428 g/mol. The fourth-order valence-electron chi connectivity index (χ4n) is 1.90. The number of benzene rings is 2. The molecular formula is C17H16BrClN2O2S. The summed E-state index contributed by atoms with van der Waals surface area (Å²) < 4.78 is 6.15. The lowest BCUT2D eigenvalue weighted by molar-refractivity contribution is -0.118. The molecule has 0 heterocycles. The van der Waals surface area contributed by atoms with Gasteiger partial charge < -0.3 is 4.74 Å². The fourth-order valence-corrected chi connectivity index (χ4v) is 3.26. The summed E-state index contributed by atoms with van der Waals surface area (Å²) in [5.41, 5.74) is 4.37. The van der Waals surface area contributed by atoms with Crippen molar-refractivity contribution in [3.8, 4) is 5.75 Å². The van der Waals surface area contributed by atoms with Crippen LogP contribution in [0.1, 0.15) is 11.1 Å². The lowest BCUT2D eigenvalue weighted by Crippen LogP contribution is -2.19. The third kappa shape index (κ3) is 6.19. The van der Waals surface area contributed by atoms with Crippen LogP contribution in [0.3, 0.4) is 0 Å². The number of hydrazone groups is 1. The highest BCUT2D eigenvalue weighted by atomic mass is 79.9. The van der Waals surface area contributed by atoms with Gasteiger partial charge in [-0.05, 0) is 35.9 Å². The highest BCUT2D eigenvalue weighted by Gasteiger charge is 2.03. The summed E-state index contributed by atoms with van der Waals surface area (Å²) in [7, 11) is 1.59. The van der Waals surface area contributed by atoms with E-state index < -0.39 is 0 Å². The van der Waals surface area contributed by atoms with Gasteiger partial charge in [0.05, 0.1) is 19.1 Å². The number of carbonyl (C=O) groups excluding carboxylic acids is 1. The molecule has 0 unspecified atom stereocenters. The standard InChI is InChI=1S/C17H16BrClN2O2S/c1-23-16-6-5-14(18)8-13(16)9-20-21-17(22)11-24-10-12-3-2-4-15(19)7-12/h2-9H,10-11H2,1H3,(H,21,22)/b20-9+. The lowest BCUT2D eigenvalue weighted by Gasteiger charge is -2.05. The largest absolute Gasteiger partial charge is 0.496 e. The van der Waals surface area contributed by atoms with Crippen molar-refractivity contribution >= 4 is 51.4 Å². The number of hydrogen-bond donors (Lipinski definition) is 1. The van der Waals surface area contributed by atoms with Crippen molar-refractivity contribution in [1.29, 1.82) is 0 Å². The van der Waals surface area contributed by atoms with Crippen LogP contribution in [0, 0.1) is 0 Å². The van der Waals surface area contributed by atoms with Crippen LogP contribution in [0.2, 0.25) is 5.02 Å². The molecule has 1 N–H and O–H groups in total. The van der Waals surface area contributed by atoms with Gasteiger partial charge in [-0.2, -0.15) is 5.10 Å². The molecule has 0 saturated heterocycles. The first kappa shape index (κ1) is 18.8. The van der Waals surface area contributed by atoms with Crippen molar-refractivity contribution in [2.75, 3.05) is 12.9 Å². The van der Waals surface area contributed by atoms with Crippen LogP contribution in [0.15, 0.2) is 52.0 Å². The van der Waals surface area contributed by atoms with E-state index >= 15 is 0 Å². The molecule has 0 aliphatic rings. The molecule has 1 amide bonds. The Morgan fingerprint density at radius 3 is 2.96 bits per heavy atom. The van der Waals surface area contributed by atoms with Crippen LogP contribution < -0.4 is 10.2 Å². The molecule has 0 bridgehead atoms. The van der Waals surface area contributed by atoms with Gasteiger partial charge in [-0.3, -0.25) is 4.79 Å². The third-order valence-corrected chi connectivity index (χ3v) is 4.71. The maximum absolute atomic E-state index is 11.8. The predicted molar refractivity (Wildman–Crippen MR) is 104 cm³/mol. The molecule has 2 aromatic carbocycles. The number of thioether (sulfide) groups is 1. The molecule has 0 atom stereocenters. The Hall–Kier alpha value is -1.50. The van der Waals surface area contributed by atoms with Crippen LogP contribution in [-0.4, -0.2) is 25.0 Å². The van der Waals surface area contributed by atoms with E-state index in [9.17, 15) is 4.79 Å². The number of nitrogens with one attached hydrogen (secondary N) is 1. The van der Waals surface area contributed by atoms with Crippen molar-refractivity contribution in [3.05, 3.63) is 63.1 Å². The molecular weight excluding hydrogens is 412 g/mol. The smallest absolute Gasteiger partial charge is 0.250 e. The highest BCUT2D eigenvalue weighted by Crippen LogP contribution is 2.21. The minimum atomic E-state index is -0.160. The Bertz CT molecular complexity index is 740. The number of amides is 1. The number of ether oxygens (including phenoxy) is 1. The van der Waals surface area contributed by atoms with Crippen molar-refractivity contribution in [2.45, 2.75) is 5.75 Å². The van der Waals surface area contributed by atoms with Gasteiger partial charge in [0.2, 0.25) is 5.91 Å². The Labute approximate surface area is 158 Å². The van der Waals surface area contributed by atoms with E-state index in [1.807, 2.05) is 42.5 Å². The van der Waals surface area contributed by atoms with Gasteiger partial charge in [-0.25, -0.2) is 5.43 Å². The summed E-state index contributed by atoms with van der Waals surface area (Å²) in [5, 5.41) is 4.67. The van der Waals surface area contributed by atoms with E-state index in [1.165, 1.54) is 11.8 Å². The number of methoxy groups -OCH3 is 1. The summed E-state index contributed by atoms with van der Waals surface area (Å²) in [5.74, 6) is 1.56. The first-order valence-corrected chi connectivity index (χ1v) is 9.38. The summed E-state index contributed by atoms with van der Waals surface area (Å²) >= 11 is 10.8. The summed E-state index contributed by atoms with van der Waals surface area (Å²) in [6.07, 6.45) is 1.56. The minimum absolute atomic E-state index is 0.160. The molecule has 0 saturated carbocycles. The molecule has 2 aromatic rings. The number of carbonyl (C=O) groups is 1. The molecule has 126 valence electrons. The van der Waals surface area contributed by atoms with Gasteiger partial charge in [0.1, 0.15) is 5.75 Å². The zero-order valence-electron chi connectivity index (χ0n) is 13.0. The Balaban J connectivity index is 1.80. The number of nitrogens with zero attached hydrogens (tertiary/aromatic N) is 1. The van der Waals surface area contributed by atoms with Crippen LogP contribution in [0.25, 0.3) is 0 Å². The van der Waals surface area contributed by atoms with Crippen LogP contribution in [0.4, 0.5) is 0 Å². The molecule has 0 radical (unpaired) electrons. The van der Waals surface area contributed by atoms with E-state index in [0.717, 1.165) is 21.4 Å². The third-order valence-electron chi connectivity index (χ3n) is 2.98. The van der Waals surface area contributed by atoms with Gasteiger partial charge >= 0.3 is 0 Å². The Morgan fingerprint density at radius 2 is 2.21 bits per heavy atom. The van der Waals surface area contributed by atoms with Gasteiger partial charge in [-0.15, -0.1) is 11.8 Å². The molecule has 7 heteroatoms. The Morgan fingerprint density at radius 1 is 1.38 bits per heavy atom. The van der Waals surface area contributed by atoms with Crippen molar-refractivity contribution in [3.63, 3.8) is 0 Å². The minimum Gasteiger partial charge on any atom is -0.496 e. The molecule has 0 aliphatic heterocycles. The summed E-state index contributed by atoms with van der Waals surface area (Å²) in [4.78, 5) is 11.8. The monoisotopic (exact) mass is 426 g/mol. The van der Waals surface area contributed by atoms with Crippen LogP contribution in [-0.2, 0) is 10.5 Å². The van der Waals surface area contributed by atoms with Crippen LogP contribution in [0.5, 0.6) is 5.75 Å². The Kier molecular flexibility index (Phi) is 7.62. The highest BCUT2D eigenvalue weighted by molar-refractivity contribution is 9.10. The maximum atomic E-state index is 11.8. The topological polar surface area (TPSA) is 50.7 Å². The molecule has 0 spiro atoms. The SMILES string of the molecule is COc1ccc(Br)cc1/C=N/NC(=O)CSCc1cccc(Cl)c1. The van der Waals surface area contributed by atoms with Crippen molar-refractivity contribution < 1.29 is 9.53 Å². The van der Waals surface area contributed by atoms with Gasteiger partial charge in [-0.1, -0.05) is 39.7 Å². The maximum Gasteiger partial charge on any atom is 0.250 e. The first-order chi connectivity index (χ1) is 11.6. The normalized spacial score (nSPS) is 10.8. The average Bonchev–Trinajstić information content (AvgIpc) is 2.55. The van der Waals surface area contributed by atoms with E-state index in [4.69, 9.17) is 16.3 Å². The summed E-state index contributed by atoms with van der Waals surface area (Å²) in [6, 6.07) is 13.2. The van der Waals surface area contributed by atoms with E-state index in [0.29, 0.717) is 16.5 Å². The zero-order chi connectivity index (χ0) is 17.4. The fraction of sp³-hybridized carbons (Fsp3) is 0.176. The van der Waals surface area contributed by atoms with E-state index in [1.54, 1.807) is 13.3 Å².